The fourth-order valence-electron chi connectivity index (χ4n) is 6.29. The quantitative estimate of drug-likeness (QED) is 0.310. The van der Waals surface area contributed by atoms with E-state index in [1.54, 1.807) is 6.20 Å². The van der Waals surface area contributed by atoms with Gasteiger partial charge in [-0.1, -0.05) is 42.5 Å². The van der Waals surface area contributed by atoms with E-state index in [1.807, 2.05) is 45.0 Å². The second kappa shape index (κ2) is 11.1. The third-order valence-corrected chi connectivity index (χ3v) is 8.18. The van der Waals surface area contributed by atoms with Crippen LogP contribution in [0.1, 0.15) is 79.7 Å². The number of hydrogen-bond acceptors (Lipinski definition) is 6. The molecule has 6 rings (SSSR count). The number of likely N-dealkylation sites (tertiary alicyclic amines) is 1. The van der Waals surface area contributed by atoms with Crippen molar-refractivity contribution in [2.45, 2.75) is 70.6 Å². The molecular weight excluding hydrogens is 498 g/mol. The van der Waals surface area contributed by atoms with Gasteiger partial charge < -0.3 is 14.4 Å². The molecule has 6 heteroatoms. The first kappa shape index (κ1) is 26.6. The van der Waals surface area contributed by atoms with E-state index >= 15 is 0 Å². The number of ether oxygens (including phenoxy) is 2. The van der Waals surface area contributed by atoms with Gasteiger partial charge in [0.15, 0.2) is 0 Å². The first-order chi connectivity index (χ1) is 19.3. The summed E-state index contributed by atoms with van der Waals surface area (Å²) in [6.07, 6.45) is 11.5. The minimum Gasteiger partial charge on any atom is -0.456 e. The standard InChI is InChI=1S/C34H39N3O3/c1-34(2,3)40-33(38)29-15-14-27(22-32(29)39-28-21-25-11-7-12-30(25)35-23-28)36-19-16-26(17-20-36)37-18-8-13-31(37)24-9-5-4-6-10-24/h4-7,9-11,14-15,21-23,26,31H,8,12-13,16-20H2,1-3H3. The van der Waals surface area contributed by atoms with Crippen molar-refractivity contribution in [3.8, 4) is 11.5 Å². The Kier molecular flexibility index (Phi) is 7.37. The van der Waals surface area contributed by atoms with Gasteiger partial charge in [-0.15, -0.1) is 0 Å². The Bertz CT molecular complexity index is 1390. The molecule has 1 aliphatic carbocycles. The molecule has 208 valence electrons. The molecule has 2 fully saturated rings. The number of aromatic nitrogens is 1. The number of carbonyl (C=O) groups excluding carboxylic acids is 1. The predicted molar refractivity (Wildman–Crippen MR) is 159 cm³/mol. The lowest BCUT2D eigenvalue weighted by Gasteiger charge is -2.40. The van der Waals surface area contributed by atoms with Gasteiger partial charge in [0, 0.05) is 43.3 Å². The van der Waals surface area contributed by atoms with Gasteiger partial charge in [-0.25, -0.2) is 4.79 Å². The lowest BCUT2D eigenvalue weighted by atomic mass is 9.98. The van der Waals surface area contributed by atoms with Gasteiger partial charge in [0.05, 0.1) is 11.9 Å². The van der Waals surface area contributed by atoms with Crippen molar-refractivity contribution >= 4 is 17.7 Å². The summed E-state index contributed by atoms with van der Waals surface area (Å²) in [5, 5.41) is 0. The van der Waals surface area contributed by atoms with Crippen LogP contribution >= 0.6 is 0 Å². The van der Waals surface area contributed by atoms with Crippen LogP contribution in [0.15, 0.2) is 66.9 Å². The van der Waals surface area contributed by atoms with Crippen LogP contribution in [0, 0.1) is 0 Å². The van der Waals surface area contributed by atoms with Crippen molar-refractivity contribution in [3.63, 3.8) is 0 Å². The molecule has 3 heterocycles. The number of rotatable bonds is 6. The Morgan fingerprint density at radius 3 is 2.55 bits per heavy atom. The van der Waals surface area contributed by atoms with Crippen molar-refractivity contribution < 1.29 is 14.3 Å². The zero-order valence-electron chi connectivity index (χ0n) is 23.8. The lowest BCUT2D eigenvalue weighted by Crippen LogP contribution is -2.44. The second-order valence-electron chi connectivity index (χ2n) is 12.1. The van der Waals surface area contributed by atoms with E-state index in [4.69, 9.17) is 9.47 Å². The van der Waals surface area contributed by atoms with Crippen molar-refractivity contribution in [2.75, 3.05) is 24.5 Å². The Morgan fingerprint density at radius 2 is 1.77 bits per heavy atom. The van der Waals surface area contributed by atoms with Crippen LogP contribution in [0.25, 0.3) is 6.08 Å². The molecule has 2 aliphatic heterocycles. The number of carbonyl (C=O) groups is 1. The van der Waals surface area contributed by atoms with Gasteiger partial charge in [0.1, 0.15) is 22.7 Å². The van der Waals surface area contributed by atoms with Crippen LogP contribution < -0.4 is 9.64 Å². The van der Waals surface area contributed by atoms with Crippen LogP contribution in [0.2, 0.25) is 0 Å². The number of hydrogen-bond donors (Lipinski definition) is 0. The molecule has 0 bridgehead atoms. The van der Waals surface area contributed by atoms with E-state index in [9.17, 15) is 4.79 Å². The molecule has 0 N–H and O–H groups in total. The van der Waals surface area contributed by atoms with Gasteiger partial charge in [0.25, 0.3) is 0 Å². The maximum atomic E-state index is 13.1. The lowest BCUT2D eigenvalue weighted by molar-refractivity contribution is 0.00672. The summed E-state index contributed by atoms with van der Waals surface area (Å²) in [7, 11) is 0. The molecule has 1 aromatic heterocycles. The summed E-state index contributed by atoms with van der Waals surface area (Å²) < 4.78 is 12.0. The smallest absolute Gasteiger partial charge is 0.342 e. The van der Waals surface area contributed by atoms with Crippen LogP contribution in [-0.2, 0) is 11.2 Å². The zero-order valence-corrected chi connectivity index (χ0v) is 23.8. The minimum atomic E-state index is -0.595. The Morgan fingerprint density at radius 1 is 0.975 bits per heavy atom. The van der Waals surface area contributed by atoms with Gasteiger partial charge in [-0.05, 0) is 82.3 Å². The maximum absolute atomic E-state index is 13.1. The highest BCUT2D eigenvalue weighted by molar-refractivity contribution is 5.93. The molecule has 1 unspecified atom stereocenters. The highest BCUT2D eigenvalue weighted by atomic mass is 16.6. The summed E-state index contributed by atoms with van der Waals surface area (Å²) in [6, 6.07) is 19.9. The summed E-state index contributed by atoms with van der Waals surface area (Å²) in [6.45, 7) is 8.76. The predicted octanol–water partition coefficient (Wildman–Crippen LogP) is 7.20. The average molecular weight is 538 g/mol. The van der Waals surface area contributed by atoms with E-state index in [2.05, 4.69) is 57.3 Å². The first-order valence-electron chi connectivity index (χ1n) is 14.6. The number of fused-ring (bicyclic) bond motifs is 1. The van der Waals surface area contributed by atoms with Gasteiger partial charge in [-0.3, -0.25) is 9.88 Å². The molecule has 3 aromatic rings. The number of nitrogens with zero attached hydrogens (tertiary/aromatic N) is 3. The molecule has 2 saturated heterocycles. The largest absolute Gasteiger partial charge is 0.456 e. The Labute approximate surface area is 237 Å². The van der Waals surface area contributed by atoms with Gasteiger partial charge in [0.2, 0.25) is 0 Å². The Balaban J connectivity index is 1.20. The van der Waals surface area contributed by atoms with Gasteiger partial charge >= 0.3 is 5.97 Å². The Hall–Kier alpha value is -3.64. The van der Waals surface area contributed by atoms with Crippen molar-refractivity contribution in [1.29, 1.82) is 0 Å². The van der Waals surface area contributed by atoms with Crippen LogP contribution in [0.5, 0.6) is 11.5 Å². The molecule has 3 aliphatic rings. The fraction of sp³-hybridized carbons (Fsp3) is 0.412. The molecule has 6 nitrogen and oxygen atoms in total. The third kappa shape index (κ3) is 5.78. The van der Waals surface area contributed by atoms with Crippen molar-refractivity contribution in [2.24, 2.45) is 0 Å². The van der Waals surface area contributed by atoms with Crippen molar-refractivity contribution in [1.82, 2.24) is 9.88 Å². The number of pyridine rings is 1. The number of piperidine rings is 1. The zero-order chi connectivity index (χ0) is 27.7. The first-order valence-corrected chi connectivity index (χ1v) is 14.6. The molecule has 0 spiro atoms. The molecular formula is C34H39N3O3. The minimum absolute atomic E-state index is 0.386. The average Bonchev–Trinajstić information content (AvgIpc) is 3.62. The maximum Gasteiger partial charge on any atom is 0.342 e. The topological polar surface area (TPSA) is 54.9 Å². The van der Waals surface area contributed by atoms with E-state index in [1.165, 1.54) is 24.9 Å². The van der Waals surface area contributed by atoms with E-state index in [0.717, 1.165) is 49.3 Å². The normalized spacial score (nSPS) is 19.6. The van der Waals surface area contributed by atoms with E-state index < -0.39 is 5.60 Å². The van der Waals surface area contributed by atoms with E-state index in [0.29, 0.717) is 29.1 Å². The fourth-order valence-corrected chi connectivity index (χ4v) is 6.29. The summed E-state index contributed by atoms with van der Waals surface area (Å²) >= 11 is 0. The highest BCUT2D eigenvalue weighted by Crippen LogP contribution is 2.38. The molecule has 1 atom stereocenters. The molecule has 0 amide bonds. The number of esters is 1. The summed E-state index contributed by atoms with van der Waals surface area (Å²) in [5.74, 6) is 0.732. The SMILES string of the molecule is CC(C)(C)OC(=O)c1ccc(N2CCC(N3CCCC3c3ccccc3)CC2)cc1Oc1cnc2c(c1)C=CC2. The molecule has 0 radical (unpaired) electrons. The van der Waals surface area contributed by atoms with Crippen LogP contribution in [0.4, 0.5) is 5.69 Å². The number of anilines is 1. The summed E-state index contributed by atoms with van der Waals surface area (Å²) in [5.41, 5.74) is 4.44. The summed E-state index contributed by atoms with van der Waals surface area (Å²) in [4.78, 5) is 22.8. The van der Waals surface area contributed by atoms with E-state index in [-0.39, 0.29) is 5.97 Å². The van der Waals surface area contributed by atoms with Crippen LogP contribution in [-0.4, -0.2) is 47.1 Å². The molecule has 0 saturated carbocycles. The highest BCUT2D eigenvalue weighted by Gasteiger charge is 2.34. The number of benzene rings is 2. The monoisotopic (exact) mass is 537 g/mol. The molecule has 40 heavy (non-hydrogen) atoms. The van der Waals surface area contributed by atoms with Gasteiger partial charge in [-0.2, -0.15) is 0 Å². The molecule has 2 aromatic carbocycles. The second-order valence-corrected chi connectivity index (χ2v) is 12.1. The number of allylic oxidation sites excluding steroid dienone is 1. The van der Waals surface area contributed by atoms with Crippen LogP contribution in [0.3, 0.4) is 0 Å². The van der Waals surface area contributed by atoms with Crippen molar-refractivity contribution in [3.05, 3.63) is 89.3 Å². The third-order valence-electron chi connectivity index (χ3n) is 8.18.